The number of hydrogen-bond acceptors (Lipinski definition) is 6. The van der Waals surface area contributed by atoms with Crippen molar-refractivity contribution in [3.05, 3.63) is 44.4 Å². The molecule has 4 atom stereocenters. The second-order valence-electron chi connectivity index (χ2n) is 7.57. The number of phenolic OH excluding ortho intramolecular Hbond substituents is 1. The van der Waals surface area contributed by atoms with Crippen molar-refractivity contribution < 1.29 is 19.6 Å². The van der Waals surface area contributed by atoms with E-state index in [1.54, 1.807) is 0 Å². The Hall–Kier alpha value is -2.55. The molecule has 9 heteroatoms. The van der Waals surface area contributed by atoms with E-state index in [2.05, 4.69) is 33.2 Å². The zero-order valence-electron chi connectivity index (χ0n) is 13.9. The Labute approximate surface area is 161 Å². The minimum absolute atomic E-state index is 0.0495. The fourth-order valence-corrected chi connectivity index (χ4v) is 5.60. The van der Waals surface area contributed by atoms with E-state index >= 15 is 0 Å². The number of nitro benzene ring substituents is 1. The number of imide groups is 1. The molecule has 1 spiro atoms. The number of fused-ring (bicyclic) bond motifs is 3. The normalized spacial score (nSPS) is 32.1. The molecular weight excluding hydrogens is 418 g/mol. The molecule has 1 aliphatic heterocycles. The van der Waals surface area contributed by atoms with Gasteiger partial charge < -0.3 is 5.11 Å². The zero-order chi connectivity index (χ0) is 19.1. The molecule has 2 saturated carbocycles. The molecule has 0 unspecified atom stereocenters. The highest BCUT2D eigenvalue weighted by Gasteiger charge is 2.73. The Morgan fingerprint density at radius 2 is 1.81 bits per heavy atom. The minimum Gasteiger partial charge on any atom is -0.502 e. The van der Waals surface area contributed by atoms with Gasteiger partial charge in [0, 0.05) is 16.1 Å². The van der Waals surface area contributed by atoms with Crippen LogP contribution in [0.4, 0.5) is 5.69 Å². The third-order valence-electron chi connectivity index (χ3n) is 6.42. The summed E-state index contributed by atoms with van der Waals surface area (Å²) in [6.45, 7) is 0. The van der Waals surface area contributed by atoms with Crippen molar-refractivity contribution in [2.75, 3.05) is 0 Å². The Balaban J connectivity index is 1.46. The van der Waals surface area contributed by atoms with Crippen LogP contribution in [0.25, 0.3) is 0 Å². The highest BCUT2D eigenvalue weighted by Crippen LogP contribution is 2.73. The van der Waals surface area contributed by atoms with E-state index in [9.17, 15) is 24.8 Å². The lowest BCUT2D eigenvalue weighted by atomic mass is 9.85. The topological polar surface area (TPSA) is 113 Å². The number of nitrogens with zero attached hydrogens (tertiary/aromatic N) is 3. The van der Waals surface area contributed by atoms with Crippen molar-refractivity contribution >= 4 is 39.6 Å². The first-order chi connectivity index (χ1) is 12.8. The number of carbonyl (C=O) groups excluding carboxylic acids is 2. The quantitative estimate of drug-likeness (QED) is 0.259. The predicted molar refractivity (Wildman–Crippen MR) is 96.7 cm³/mol. The first-order valence-electron chi connectivity index (χ1n) is 8.62. The van der Waals surface area contributed by atoms with Crippen molar-refractivity contribution in [3.8, 4) is 5.75 Å². The molecule has 3 fully saturated rings. The Morgan fingerprint density at radius 1 is 1.22 bits per heavy atom. The lowest BCUT2D eigenvalue weighted by molar-refractivity contribution is -0.385. The van der Waals surface area contributed by atoms with Gasteiger partial charge in [0.1, 0.15) is 0 Å². The van der Waals surface area contributed by atoms with Crippen LogP contribution in [0.2, 0.25) is 0 Å². The molecule has 27 heavy (non-hydrogen) atoms. The first kappa shape index (κ1) is 16.6. The molecule has 5 rings (SSSR count). The molecule has 1 heterocycles. The molecule has 4 aliphatic rings. The maximum Gasteiger partial charge on any atom is 0.312 e. The monoisotopic (exact) mass is 431 g/mol. The highest BCUT2D eigenvalue weighted by molar-refractivity contribution is 9.10. The van der Waals surface area contributed by atoms with Gasteiger partial charge in [-0.2, -0.15) is 10.1 Å². The maximum absolute atomic E-state index is 12.8. The summed E-state index contributed by atoms with van der Waals surface area (Å²) in [5.74, 6) is -1.74. The summed E-state index contributed by atoms with van der Waals surface area (Å²) in [7, 11) is 0. The van der Waals surface area contributed by atoms with E-state index in [4.69, 9.17) is 0 Å². The number of hydrogen-bond donors (Lipinski definition) is 1. The largest absolute Gasteiger partial charge is 0.502 e. The van der Waals surface area contributed by atoms with E-state index in [0.29, 0.717) is 4.47 Å². The van der Waals surface area contributed by atoms with Crippen LogP contribution in [0.3, 0.4) is 0 Å². The van der Waals surface area contributed by atoms with Gasteiger partial charge in [-0.25, -0.2) is 0 Å². The lowest BCUT2D eigenvalue weighted by Gasteiger charge is -2.18. The van der Waals surface area contributed by atoms with Crippen LogP contribution in [0.1, 0.15) is 18.4 Å². The number of carbonyl (C=O) groups is 2. The molecule has 1 N–H and O–H groups in total. The van der Waals surface area contributed by atoms with Crippen LogP contribution in [-0.4, -0.2) is 33.1 Å². The van der Waals surface area contributed by atoms with E-state index in [1.165, 1.54) is 12.1 Å². The summed E-state index contributed by atoms with van der Waals surface area (Å²) in [6.07, 6.45) is 7.37. The van der Waals surface area contributed by atoms with Gasteiger partial charge in [-0.3, -0.25) is 19.7 Å². The summed E-state index contributed by atoms with van der Waals surface area (Å²) in [5.41, 5.74) is -0.326. The number of halogens is 1. The maximum atomic E-state index is 12.8. The average Bonchev–Trinajstić information content (AvgIpc) is 3.22. The summed E-state index contributed by atoms with van der Waals surface area (Å²) in [6, 6.07) is 2.60. The number of nitro groups is 1. The standard InChI is InChI=1S/C18H14BrN3O5/c19-9-5-8(15(23)12(6-9)22(26)27)7-20-21-16(24)13-10-1-2-11(14(13)17(21)25)18(10)3-4-18/h1-2,5-7,10-11,13-14,23H,3-4H2/b20-7-/t10-,11-,13-,14-/m0/s1. The van der Waals surface area contributed by atoms with Crippen molar-refractivity contribution in [1.29, 1.82) is 0 Å². The van der Waals surface area contributed by atoms with Crippen LogP contribution in [0.5, 0.6) is 5.75 Å². The smallest absolute Gasteiger partial charge is 0.312 e. The fraction of sp³-hybridized carbons (Fsp3) is 0.389. The number of benzene rings is 1. The molecular formula is C18H14BrN3O5. The number of amides is 2. The van der Waals surface area contributed by atoms with Crippen molar-refractivity contribution in [1.82, 2.24) is 5.01 Å². The summed E-state index contributed by atoms with van der Waals surface area (Å²) >= 11 is 3.14. The van der Waals surface area contributed by atoms with Crippen LogP contribution in [0.15, 0.2) is 33.9 Å². The van der Waals surface area contributed by atoms with E-state index in [1.807, 2.05) is 0 Å². The third-order valence-corrected chi connectivity index (χ3v) is 6.88. The van der Waals surface area contributed by atoms with Gasteiger partial charge in [0.25, 0.3) is 11.8 Å². The Bertz CT molecular complexity index is 949. The molecule has 8 nitrogen and oxygen atoms in total. The minimum atomic E-state index is -0.716. The SMILES string of the molecule is O=C1[C@@H]2[C@@H](C(=O)N1/N=C\c1cc(Br)cc([N+](=O)[O-])c1O)[C@@H]1C=C[C@@H]2C12CC2. The molecule has 138 valence electrons. The van der Waals surface area contributed by atoms with Crippen molar-refractivity contribution in [2.45, 2.75) is 12.8 Å². The highest BCUT2D eigenvalue weighted by atomic mass is 79.9. The van der Waals surface area contributed by atoms with Gasteiger partial charge in [0.15, 0.2) is 0 Å². The number of allylic oxidation sites excluding steroid dienone is 2. The van der Waals surface area contributed by atoms with Crippen molar-refractivity contribution in [3.63, 3.8) is 0 Å². The average molecular weight is 432 g/mol. The summed E-state index contributed by atoms with van der Waals surface area (Å²) in [5, 5.41) is 25.9. The fourth-order valence-electron chi connectivity index (χ4n) is 5.14. The first-order valence-corrected chi connectivity index (χ1v) is 9.41. The van der Waals surface area contributed by atoms with Crippen LogP contribution in [0, 0.1) is 39.2 Å². The Kier molecular flexibility index (Phi) is 3.23. The molecule has 0 aromatic heterocycles. The van der Waals surface area contributed by atoms with E-state index in [0.717, 1.165) is 24.1 Å². The second kappa shape index (κ2) is 5.25. The van der Waals surface area contributed by atoms with E-state index < -0.39 is 16.4 Å². The lowest BCUT2D eigenvalue weighted by Crippen LogP contribution is -2.30. The summed E-state index contributed by atoms with van der Waals surface area (Å²) < 4.78 is 0.377. The van der Waals surface area contributed by atoms with Crippen LogP contribution in [-0.2, 0) is 9.59 Å². The molecule has 0 radical (unpaired) electrons. The molecule has 3 aliphatic carbocycles. The van der Waals surface area contributed by atoms with Gasteiger partial charge in [-0.1, -0.05) is 28.1 Å². The van der Waals surface area contributed by atoms with Gasteiger partial charge in [-0.05, 0) is 36.2 Å². The predicted octanol–water partition coefficient (Wildman–Crippen LogP) is 2.59. The van der Waals surface area contributed by atoms with Crippen LogP contribution < -0.4 is 0 Å². The molecule has 2 bridgehead atoms. The number of aromatic hydroxyl groups is 1. The van der Waals surface area contributed by atoms with Gasteiger partial charge in [0.2, 0.25) is 5.75 Å². The molecule has 1 aromatic carbocycles. The second-order valence-corrected chi connectivity index (χ2v) is 8.49. The number of phenols is 1. The zero-order valence-corrected chi connectivity index (χ0v) is 15.5. The number of rotatable bonds is 3. The molecule has 2 amide bonds. The van der Waals surface area contributed by atoms with E-state index in [-0.39, 0.29) is 46.5 Å². The Morgan fingerprint density at radius 3 is 2.33 bits per heavy atom. The summed E-state index contributed by atoms with van der Waals surface area (Å²) in [4.78, 5) is 36.0. The van der Waals surface area contributed by atoms with Crippen LogP contribution >= 0.6 is 15.9 Å². The third kappa shape index (κ3) is 2.06. The molecule has 1 saturated heterocycles. The number of hydrazone groups is 1. The van der Waals surface area contributed by atoms with Gasteiger partial charge in [0.05, 0.1) is 23.0 Å². The van der Waals surface area contributed by atoms with Crippen molar-refractivity contribution in [2.24, 2.45) is 34.2 Å². The van der Waals surface area contributed by atoms with Gasteiger partial charge in [-0.15, -0.1) is 0 Å². The molecule has 1 aromatic rings. The van der Waals surface area contributed by atoms with Gasteiger partial charge >= 0.3 is 5.69 Å².